The van der Waals surface area contributed by atoms with E-state index in [2.05, 4.69) is 0 Å². The maximum atomic E-state index is 12.7. The van der Waals surface area contributed by atoms with Crippen LogP contribution in [0.1, 0.15) is 10.4 Å². The number of benzene rings is 3. The standard InChI is InChI=1S/C19H9F3O4/c20-19(21,22)17(24)14-15(23)12-6-5-11-7-9-3-1-2-4-10(9)8-13(11)16(12)26-18(14)25/h1-8,23H. The first-order valence-corrected chi connectivity index (χ1v) is 7.50. The van der Waals surface area contributed by atoms with Gasteiger partial charge in [0, 0.05) is 5.39 Å². The number of carbonyl (C=O) groups is 1. The molecular weight excluding hydrogens is 349 g/mol. The van der Waals surface area contributed by atoms with Crippen LogP contribution in [0.15, 0.2) is 57.7 Å². The number of Topliss-reactive ketones (excluding diaryl/α,β-unsaturated/α-hetero) is 1. The van der Waals surface area contributed by atoms with E-state index in [1.54, 1.807) is 12.1 Å². The molecule has 1 N–H and O–H groups in total. The maximum absolute atomic E-state index is 12.7. The van der Waals surface area contributed by atoms with Gasteiger partial charge >= 0.3 is 11.8 Å². The summed E-state index contributed by atoms with van der Waals surface area (Å²) in [7, 11) is 0. The van der Waals surface area contributed by atoms with Crippen LogP contribution >= 0.6 is 0 Å². The van der Waals surface area contributed by atoms with E-state index < -0.39 is 28.9 Å². The fraction of sp³-hybridized carbons (Fsp3) is 0.0526. The van der Waals surface area contributed by atoms with Crippen molar-refractivity contribution < 1.29 is 27.5 Å². The molecule has 4 nitrogen and oxygen atoms in total. The van der Waals surface area contributed by atoms with E-state index in [1.807, 2.05) is 30.3 Å². The molecule has 0 unspecified atom stereocenters. The summed E-state index contributed by atoms with van der Waals surface area (Å²) in [5, 5.41) is 12.9. The Kier molecular flexibility index (Phi) is 3.30. The van der Waals surface area contributed by atoms with Gasteiger partial charge in [-0.3, -0.25) is 4.79 Å². The number of aromatic hydroxyl groups is 1. The number of fused-ring (bicyclic) bond motifs is 4. The molecule has 0 saturated carbocycles. The van der Waals surface area contributed by atoms with Crippen LogP contribution in [0.2, 0.25) is 0 Å². The summed E-state index contributed by atoms with van der Waals surface area (Å²) < 4.78 is 43.1. The average molecular weight is 358 g/mol. The molecule has 26 heavy (non-hydrogen) atoms. The molecule has 0 aliphatic heterocycles. The Morgan fingerprint density at radius 2 is 1.58 bits per heavy atom. The fourth-order valence-electron chi connectivity index (χ4n) is 3.00. The van der Waals surface area contributed by atoms with Gasteiger partial charge in [-0.25, -0.2) is 4.79 Å². The third-order valence-electron chi connectivity index (χ3n) is 4.21. The molecule has 0 atom stereocenters. The first-order valence-electron chi connectivity index (χ1n) is 7.50. The summed E-state index contributed by atoms with van der Waals surface area (Å²) in [6, 6.07) is 13.8. The van der Waals surface area contributed by atoms with Gasteiger partial charge in [-0.2, -0.15) is 13.2 Å². The van der Waals surface area contributed by atoms with Crippen molar-refractivity contribution in [1.82, 2.24) is 0 Å². The van der Waals surface area contributed by atoms with Crippen LogP contribution in [-0.2, 0) is 0 Å². The van der Waals surface area contributed by atoms with Gasteiger partial charge in [0.2, 0.25) is 0 Å². The maximum Gasteiger partial charge on any atom is 0.455 e. The Morgan fingerprint density at radius 1 is 0.923 bits per heavy atom. The van der Waals surface area contributed by atoms with Crippen LogP contribution in [0.3, 0.4) is 0 Å². The molecule has 0 aliphatic carbocycles. The lowest BCUT2D eigenvalue weighted by Crippen LogP contribution is -2.28. The van der Waals surface area contributed by atoms with Gasteiger partial charge in [0.05, 0.1) is 5.39 Å². The minimum Gasteiger partial charge on any atom is -0.506 e. The van der Waals surface area contributed by atoms with Gasteiger partial charge in [-0.15, -0.1) is 0 Å². The van der Waals surface area contributed by atoms with E-state index in [1.165, 1.54) is 6.07 Å². The van der Waals surface area contributed by atoms with Crippen LogP contribution in [0, 0.1) is 0 Å². The summed E-state index contributed by atoms with van der Waals surface area (Å²) in [4.78, 5) is 23.4. The zero-order chi connectivity index (χ0) is 18.6. The van der Waals surface area contributed by atoms with Gasteiger partial charge < -0.3 is 9.52 Å². The highest BCUT2D eigenvalue weighted by Crippen LogP contribution is 2.35. The average Bonchev–Trinajstić information content (AvgIpc) is 2.59. The number of ketones is 1. The van der Waals surface area contributed by atoms with E-state index in [0.717, 1.165) is 10.8 Å². The van der Waals surface area contributed by atoms with Gasteiger partial charge in [0.25, 0.3) is 5.78 Å². The molecular formula is C19H9F3O4. The second-order valence-corrected chi connectivity index (χ2v) is 5.80. The summed E-state index contributed by atoms with van der Waals surface area (Å²) in [6.07, 6.45) is -5.30. The number of hydrogen-bond acceptors (Lipinski definition) is 4. The lowest BCUT2D eigenvalue weighted by atomic mass is 10.00. The molecule has 1 heterocycles. The molecule has 0 fully saturated rings. The molecule has 0 amide bonds. The van der Waals surface area contributed by atoms with Crippen molar-refractivity contribution in [2.24, 2.45) is 0 Å². The largest absolute Gasteiger partial charge is 0.506 e. The molecule has 0 bridgehead atoms. The van der Waals surface area contributed by atoms with Crippen LogP contribution < -0.4 is 5.63 Å². The van der Waals surface area contributed by atoms with Gasteiger partial charge in [-0.1, -0.05) is 30.3 Å². The summed E-state index contributed by atoms with van der Waals surface area (Å²) >= 11 is 0. The first-order chi connectivity index (χ1) is 12.3. The Balaban J connectivity index is 2.11. The van der Waals surface area contributed by atoms with Gasteiger partial charge in [-0.05, 0) is 34.4 Å². The third kappa shape index (κ3) is 2.32. The zero-order valence-corrected chi connectivity index (χ0v) is 12.9. The van der Waals surface area contributed by atoms with Crippen molar-refractivity contribution in [3.05, 3.63) is 64.5 Å². The van der Waals surface area contributed by atoms with Crippen LogP contribution in [0.25, 0.3) is 32.5 Å². The van der Waals surface area contributed by atoms with E-state index >= 15 is 0 Å². The molecule has 0 radical (unpaired) electrons. The van der Waals surface area contributed by atoms with E-state index in [4.69, 9.17) is 4.42 Å². The summed E-state index contributed by atoms with van der Waals surface area (Å²) in [6.45, 7) is 0. The fourth-order valence-corrected chi connectivity index (χ4v) is 3.00. The lowest BCUT2D eigenvalue weighted by Gasteiger charge is -2.10. The second-order valence-electron chi connectivity index (χ2n) is 5.80. The van der Waals surface area contributed by atoms with Crippen LogP contribution in [0.4, 0.5) is 13.2 Å². The minimum atomic E-state index is -5.30. The number of hydrogen-bond donors (Lipinski definition) is 1. The topological polar surface area (TPSA) is 67.5 Å². The predicted molar refractivity (Wildman–Crippen MR) is 89.5 cm³/mol. The van der Waals surface area contributed by atoms with Gasteiger partial charge in [0.1, 0.15) is 11.3 Å². The van der Waals surface area contributed by atoms with Crippen molar-refractivity contribution in [1.29, 1.82) is 0 Å². The van der Waals surface area contributed by atoms with Crippen molar-refractivity contribution in [2.45, 2.75) is 6.18 Å². The smallest absolute Gasteiger partial charge is 0.455 e. The van der Waals surface area contributed by atoms with Crippen LogP contribution in [0.5, 0.6) is 5.75 Å². The number of alkyl halides is 3. The number of halogens is 3. The Hall–Kier alpha value is -3.35. The molecule has 130 valence electrons. The molecule has 1 aromatic heterocycles. The molecule has 3 aromatic carbocycles. The SMILES string of the molecule is O=C(c1c(O)c2ccc3cc4ccccc4cc3c2oc1=O)C(F)(F)F. The Morgan fingerprint density at radius 3 is 2.23 bits per heavy atom. The van der Waals surface area contributed by atoms with E-state index in [9.17, 15) is 27.9 Å². The Bertz CT molecular complexity index is 1270. The predicted octanol–water partition coefficient (Wildman–Crippen LogP) is 4.55. The van der Waals surface area contributed by atoms with Crippen LogP contribution in [-0.4, -0.2) is 17.1 Å². The van der Waals surface area contributed by atoms with Gasteiger partial charge in [0.15, 0.2) is 5.56 Å². The second kappa shape index (κ2) is 5.32. The molecule has 0 aliphatic rings. The molecule has 0 spiro atoms. The van der Waals surface area contributed by atoms with Crippen molar-refractivity contribution in [3.63, 3.8) is 0 Å². The molecule has 4 rings (SSSR count). The molecule has 4 aromatic rings. The molecule has 7 heteroatoms. The Labute approximate surface area is 143 Å². The minimum absolute atomic E-state index is 0.0746. The zero-order valence-electron chi connectivity index (χ0n) is 12.9. The monoisotopic (exact) mass is 358 g/mol. The summed E-state index contributed by atoms with van der Waals surface area (Å²) in [5.41, 5.74) is -3.02. The number of carbonyl (C=O) groups excluding carboxylic acids is 1. The van der Waals surface area contributed by atoms with E-state index in [-0.39, 0.29) is 11.0 Å². The third-order valence-corrected chi connectivity index (χ3v) is 4.21. The highest BCUT2D eigenvalue weighted by Gasteiger charge is 2.43. The number of rotatable bonds is 1. The van der Waals surface area contributed by atoms with Crippen molar-refractivity contribution >= 4 is 38.3 Å². The molecule has 0 saturated heterocycles. The lowest BCUT2D eigenvalue weighted by molar-refractivity contribution is -0.0888. The summed E-state index contributed by atoms with van der Waals surface area (Å²) in [5.74, 6) is -3.47. The van der Waals surface area contributed by atoms with Crippen molar-refractivity contribution in [2.75, 3.05) is 0 Å². The van der Waals surface area contributed by atoms with E-state index in [0.29, 0.717) is 10.8 Å². The first kappa shape index (κ1) is 16.1. The quantitative estimate of drug-likeness (QED) is 0.235. The normalized spacial score (nSPS) is 12.1. The van der Waals surface area contributed by atoms with Crippen molar-refractivity contribution in [3.8, 4) is 5.75 Å². The highest BCUT2D eigenvalue weighted by atomic mass is 19.4. The highest BCUT2D eigenvalue weighted by molar-refractivity contribution is 6.13.